The van der Waals surface area contributed by atoms with E-state index in [1.165, 1.54) is 52.5 Å². The van der Waals surface area contributed by atoms with Crippen LogP contribution in [0, 0.1) is 0 Å². The Morgan fingerprint density at radius 2 is 1.82 bits per heavy atom. The molecule has 2 aliphatic rings. The average molecular weight is 576 g/mol. The number of nitrogens with one attached hydrogen (secondary N) is 1. The van der Waals surface area contributed by atoms with Gasteiger partial charge in [-0.25, -0.2) is 18.2 Å². The summed E-state index contributed by atoms with van der Waals surface area (Å²) in [5.41, 5.74) is 0.151. The molecule has 16 heteroatoms. The van der Waals surface area contributed by atoms with Crippen LogP contribution in [0.5, 0.6) is 11.5 Å². The van der Waals surface area contributed by atoms with Gasteiger partial charge in [0.05, 0.1) is 23.3 Å². The molecule has 0 radical (unpaired) electrons. The Kier molecular flexibility index (Phi) is 6.57. The standard InChI is InChI=1S/C23H22F5N5O5S/c1-2-39(35,36)32-10-8-31(9-11-32)21(34)29-15-6-7-17-16(12-15)30-20(22(24,25)26)33(17)13-14-4-3-5-18-19(14)38-23(27,28)37-18/h3-7,12H,2,8-11,13H2,1H3,(H,29,34). The smallest absolute Gasteiger partial charge is 0.395 e. The Labute approximate surface area is 218 Å². The molecule has 2 aliphatic heterocycles. The molecule has 1 fully saturated rings. The molecule has 0 bridgehead atoms. The summed E-state index contributed by atoms with van der Waals surface area (Å²) in [6, 6.07) is 7.35. The number of fused-ring (bicyclic) bond motifs is 2. The van der Waals surface area contributed by atoms with Gasteiger partial charge in [0.1, 0.15) is 0 Å². The maximum atomic E-state index is 13.9. The molecular weight excluding hydrogens is 553 g/mol. The van der Waals surface area contributed by atoms with Crippen LogP contribution in [-0.2, 0) is 22.7 Å². The molecule has 2 amide bonds. The number of carbonyl (C=O) groups excluding carboxylic acids is 1. The van der Waals surface area contributed by atoms with Gasteiger partial charge in [0.15, 0.2) is 11.5 Å². The number of rotatable bonds is 5. The van der Waals surface area contributed by atoms with E-state index in [0.717, 1.165) is 4.57 Å². The van der Waals surface area contributed by atoms with Crippen molar-refractivity contribution >= 4 is 32.8 Å². The van der Waals surface area contributed by atoms with Gasteiger partial charge in [-0.1, -0.05) is 12.1 Å². The van der Waals surface area contributed by atoms with E-state index in [1.54, 1.807) is 0 Å². The molecule has 1 aromatic heterocycles. The molecule has 39 heavy (non-hydrogen) atoms. The van der Waals surface area contributed by atoms with Crippen LogP contribution in [0.15, 0.2) is 36.4 Å². The van der Waals surface area contributed by atoms with Gasteiger partial charge in [0, 0.05) is 37.4 Å². The number of sulfonamides is 1. The van der Waals surface area contributed by atoms with Crippen molar-refractivity contribution < 1.29 is 44.6 Å². The maximum Gasteiger partial charge on any atom is 0.586 e. The number of aromatic nitrogens is 2. The Hall–Kier alpha value is -3.66. The summed E-state index contributed by atoms with van der Waals surface area (Å²) in [5.74, 6) is -1.98. The van der Waals surface area contributed by atoms with Crippen molar-refractivity contribution in [2.45, 2.75) is 25.9 Å². The van der Waals surface area contributed by atoms with E-state index in [9.17, 15) is 35.2 Å². The fourth-order valence-corrected chi connectivity index (χ4v) is 5.54. The first kappa shape index (κ1) is 26.9. The van der Waals surface area contributed by atoms with E-state index in [1.807, 2.05) is 0 Å². The van der Waals surface area contributed by atoms with E-state index >= 15 is 0 Å². The topological polar surface area (TPSA) is 106 Å². The second-order valence-corrected chi connectivity index (χ2v) is 11.1. The van der Waals surface area contributed by atoms with E-state index in [4.69, 9.17) is 0 Å². The summed E-state index contributed by atoms with van der Waals surface area (Å²) in [6.07, 6.45) is -8.81. The molecule has 0 unspecified atom stereocenters. The summed E-state index contributed by atoms with van der Waals surface area (Å²) in [4.78, 5) is 17.8. The second kappa shape index (κ2) is 9.51. The van der Waals surface area contributed by atoms with Crippen molar-refractivity contribution in [3.05, 3.63) is 47.8 Å². The number of imidazole rings is 1. The van der Waals surface area contributed by atoms with Crippen molar-refractivity contribution in [2.75, 3.05) is 37.2 Å². The zero-order valence-electron chi connectivity index (χ0n) is 20.3. The fourth-order valence-electron chi connectivity index (χ4n) is 4.46. The van der Waals surface area contributed by atoms with Gasteiger partial charge in [-0.3, -0.25) is 0 Å². The molecule has 0 aliphatic carbocycles. The molecule has 5 rings (SSSR count). The molecule has 0 saturated carbocycles. The summed E-state index contributed by atoms with van der Waals surface area (Å²) in [5, 5.41) is 2.60. The van der Waals surface area contributed by atoms with Gasteiger partial charge in [-0.15, -0.1) is 8.78 Å². The Bertz CT molecular complexity index is 1530. The van der Waals surface area contributed by atoms with Crippen LogP contribution < -0.4 is 14.8 Å². The minimum Gasteiger partial charge on any atom is -0.395 e. The quantitative estimate of drug-likeness (QED) is 0.463. The molecule has 1 N–H and O–H groups in total. The lowest BCUT2D eigenvalue weighted by molar-refractivity contribution is -0.287. The highest BCUT2D eigenvalue weighted by atomic mass is 32.2. The molecule has 3 aromatic rings. The predicted octanol–water partition coefficient (Wildman–Crippen LogP) is 3.92. The first-order valence-corrected chi connectivity index (χ1v) is 13.4. The normalized spacial score (nSPS) is 17.5. The Morgan fingerprint density at radius 1 is 1.10 bits per heavy atom. The number of hydrogen-bond acceptors (Lipinski definition) is 6. The number of halogens is 5. The van der Waals surface area contributed by atoms with Crippen molar-refractivity contribution in [1.29, 1.82) is 0 Å². The number of carbonyl (C=O) groups is 1. The second-order valence-electron chi connectivity index (χ2n) is 8.85. The van der Waals surface area contributed by atoms with Gasteiger partial charge >= 0.3 is 18.5 Å². The Balaban J connectivity index is 1.38. The summed E-state index contributed by atoms with van der Waals surface area (Å²) >= 11 is 0. The minimum absolute atomic E-state index is 0.0242. The van der Waals surface area contributed by atoms with E-state index in [-0.39, 0.29) is 65.7 Å². The fraction of sp³-hybridized carbons (Fsp3) is 0.391. The first-order chi connectivity index (χ1) is 18.3. The van der Waals surface area contributed by atoms with Crippen LogP contribution in [0.3, 0.4) is 0 Å². The minimum atomic E-state index is -4.87. The third-order valence-electron chi connectivity index (χ3n) is 6.38. The number of nitrogens with zero attached hydrogens (tertiary/aromatic N) is 4. The van der Waals surface area contributed by atoms with Gasteiger partial charge in [-0.05, 0) is 31.2 Å². The first-order valence-electron chi connectivity index (χ1n) is 11.8. The molecule has 10 nitrogen and oxygen atoms in total. The lowest BCUT2D eigenvalue weighted by Gasteiger charge is -2.33. The number of para-hydroxylation sites is 1. The predicted molar refractivity (Wildman–Crippen MR) is 128 cm³/mol. The zero-order valence-corrected chi connectivity index (χ0v) is 21.2. The molecule has 0 spiro atoms. The number of alkyl halides is 5. The largest absolute Gasteiger partial charge is 0.586 e. The highest BCUT2D eigenvalue weighted by Gasteiger charge is 2.45. The molecule has 3 heterocycles. The summed E-state index contributed by atoms with van der Waals surface area (Å²) < 4.78 is 104. The summed E-state index contributed by atoms with van der Waals surface area (Å²) in [7, 11) is -3.38. The highest BCUT2D eigenvalue weighted by Crippen LogP contribution is 2.44. The summed E-state index contributed by atoms with van der Waals surface area (Å²) in [6.45, 7) is 1.59. The number of ether oxygens (including phenoxy) is 2. The van der Waals surface area contributed by atoms with Crippen LogP contribution in [0.2, 0.25) is 0 Å². The molecule has 1 saturated heterocycles. The Morgan fingerprint density at radius 3 is 2.49 bits per heavy atom. The average Bonchev–Trinajstić information content (AvgIpc) is 3.40. The number of hydrogen-bond donors (Lipinski definition) is 1. The van der Waals surface area contributed by atoms with Crippen LogP contribution in [0.1, 0.15) is 18.3 Å². The van der Waals surface area contributed by atoms with Crippen molar-refractivity contribution in [3.63, 3.8) is 0 Å². The van der Waals surface area contributed by atoms with Gasteiger partial charge < -0.3 is 24.3 Å². The van der Waals surface area contributed by atoms with E-state index < -0.39 is 40.9 Å². The number of urea groups is 1. The van der Waals surface area contributed by atoms with Gasteiger partial charge in [0.2, 0.25) is 15.8 Å². The van der Waals surface area contributed by atoms with Gasteiger partial charge in [-0.2, -0.15) is 17.5 Å². The van der Waals surface area contributed by atoms with Crippen LogP contribution in [0.25, 0.3) is 11.0 Å². The molecule has 0 atom stereocenters. The third kappa shape index (κ3) is 5.30. The third-order valence-corrected chi connectivity index (χ3v) is 8.26. The van der Waals surface area contributed by atoms with Crippen LogP contribution in [-0.4, -0.2) is 71.4 Å². The number of anilines is 1. The molecular formula is C23H22F5N5O5S. The number of piperazine rings is 1. The van der Waals surface area contributed by atoms with Crippen LogP contribution >= 0.6 is 0 Å². The highest BCUT2D eigenvalue weighted by molar-refractivity contribution is 7.89. The SMILES string of the molecule is CCS(=O)(=O)N1CCN(C(=O)Nc2ccc3c(c2)nc(C(F)(F)F)n3Cc2cccc3c2OC(F)(F)O3)CC1. The molecule has 2 aromatic carbocycles. The number of amides is 2. The van der Waals surface area contributed by atoms with E-state index in [2.05, 4.69) is 19.8 Å². The zero-order chi connectivity index (χ0) is 28.2. The maximum absolute atomic E-state index is 13.9. The monoisotopic (exact) mass is 575 g/mol. The lowest BCUT2D eigenvalue weighted by atomic mass is 10.1. The van der Waals surface area contributed by atoms with Crippen molar-refractivity contribution in [2.24, 2.45) is 0 Å². The molecule has 210 valence electrons. The van der Waals surface area contributed by atoms with Crippen LogP contribution in [0.4, 0.5) is 32.4 Å². The van der Waals surface area contributed by atoms with Gasteiger partial charge in [0.25, 0.3) is 0 Å². The van der Waals surface area contributed by atoms with Crippen molar-refractivity contribution in [3.8, 4) is 11.5 Å². The lowest BCUT2D eigenvalue weighted by Crippen LogP contribution is -2.51. The van der Waals surface area contributed by atoms with Crippen molar-refractivity contribution in [1.82, 2.24) is 18.8 Å². The van der Waals surface area contributed by atoms with E-state index in [0.29, 0.717) is 0 Å². The number of benzene rings is 2.